The lowest BCUT2D eigenvalue weighted by Crippen LogP contribution is -2.11. The van der Waals surface area contributed by atoms with Crippen molar-refractivity contribution in [2.75, 3.05) is 5.32 Å². The number of nitrogens with one attached hydrogen (secondary N) is 1. The third-order valence-corrected chi connectivity index (χ3v) is 3.40. The van der Waals surface area contributed by atoms with E-state index in [1.165, 1.54) is 0 Å². The first-order valence-electron chi connectivity index (χ1n) is 6.84. The van der Waals surface area contributed by atoms with E-state index >= 15 is 0 Å². The number of aromatic nitrogens is 2. The third kappa shape index (κ3) is 3.54. The quantitative estimate of drug-likeness (QED) is 0.796. The van der Waals surface area contributed by atoms with Crippen LogP contribution in [0.25, 0.3) is 0 Å². The molecule has 0 atom stereocenters. The molecule has 5 heteroatoms. The van der Waals surface area contributed by atoms with Gasteiger partial charge in [0.1, 0.15) is 0 Å². The maximum atomic E-state index is 12.2. The van der Waals surface area contributed by atoms with Crippen LogP contribution in [0.1, 0.15) is 15.9 Å². The summed E-state index contributed by atoms with van der Waals surface area (Å²) in [6.45, 7) is 0.630. The van der Waals surface area contributed by atoms with E-state index in [-0.39, 0.29) is 5.91 Å². The summed E-state index contributed by atoms with van der Waals surface area (Å²) in [4.78, 5) is 12.2. The van der Waals surface area contributed by atoms with Crippen molar-refractivity contribution in [3.8, 4) is 0 Å². The smallest absolute Gasteiger partial charge is 0.258 e. The number of amides is 1. The average molecular weight is 312 g/mol. The summed E-state index contributed by atoms with van der Waals surface area (Å²) in [5.74, 6) is -0.207. The van der Waals surface area contributed by atoms with E-state index in [1.807, 2.05) is 30.3 Å². The van der Waals surface area contributed by atoms with Crippen LogP contribution >= 0.6 is 11.6 Å². The van der Waals surface area contributed by atoms with Crippen LogP contribution in [0, 0.1) is 0 Å². The Morgan fingerprint density at radius 3 is 2.73 bits per heavy atom. The van der Waals surface area contributed by atoms with Crippen LogP contribution < -0.4 is 5.32 Å². The molecule has 0 spiro atoms. The summed E-state index contributed by atoms with van der Waals surface area (Å²) in [5, 5.41) is 7.60. The molecule has 0 radical (unpaired) electrons. The highest BCUT2D eigenvalue weighted by Crippen LogP contribution is 2.16. The minimum atomic E-state index is -0.207. The molecule has 0 aliphatic carbocycles. The maximum Gasteiger partial charge on any atom is 0.258 e. The lowest BCUT2D eigenvalue weighted by Gasteiger charge is -2.03. The Bertz CT molecular complexity index is 783. The van der Waals surface area contributed by atoms with Crippen LogP contribution in [0.5, 0.6) is 0 Å². The van der Waals surface area contributed by atoms with E-state index in [4.69, 9.17) is 11.6 Å². The Morgan fingerprint density at radius 1 is 1.14 bits per heavy atom. The Hall–Kier alpha value is -2.59. The fraction of sp³-hybridized carbons (Fsp3) is 0.0588. The van der Waals surface area contributed by atoms with Crippen molar-refractivity contribution in [2.45, 2.75) is 6.54 Å². The molecule has 0 aliphatic heterocycles. The number of anilines is 1. The highest BCUT2D eigenvalue weighted by Gasteiger charge is 2.09. The van der Waals surface area contributed by atoms with Gasteiger partial charge in [-0.05, 0) is 23.8 Å². The van der Waals surface area contributed by atoms with Crippen LogP contribution in [0.2, 0.25) is 5.02 Å². The minimum absolute atomic E-state index is 0.207. The van der Waals surface area contributed by atoms with Crippen molar-refractivity contribution in [3.63, 3.8) is 0 Å². The molecule has 3 aromatic rings. The Kier molecular flexibility index (Phi) is 4.21. The second-order valence-corrected chi connectivity index (χ2v) is 5.31. The van der Waals surface area contributed by atoms with Crippen molar-refractivity contribution in [3.05, 3.63) is 83.1 Å². The molecule has 3 rings (SSSR count). The predicted molar refractivity (Wildman–Crippen MR) is 87.2 cm³/mol. The number of hydrogen-bond donors (Lipinski definition) is 1. The summed E-state index contributed by atoms with van der Waals surface area (Å²) >= 11 is 5.90. The van der Waals surface area contributed by atoms with Gasteiger partial charge < -0.3 is 5.32 Å². The first kappa shape index (κ1) is 14.4. The van der Waals surface area contributed by atoms with E-state index in [0.717, 1.165) is 5.56 Å². The van der Waals surface area contributed by atoms with Gasteiger partial charge in [-0.25, -0.2) is 0 Å². The number of hydrogen-bond acceptors (Lipinski definition) is 2. The zero-order chi connectivity index (χ0) is 15.4. The second-order valence-electron chi connectivity index (χ2n) is 4.88. The molecular weight excluding hydrogens is 298 g/mol. The standard InChI is InChI=1S/C17H14ClN3O/c18-15-7-4-8-16(9-15)20-17(22)14-10-19-21(12-14)11-13-5-2-1-3-6-13/h1-10,12H,11H2,(H,20,22). The summed E-state index contributed by atoms with van der Waals surface area (Å²) < 4.78 is 1.74. The molecule has 22 heavy (non-hydrogen) atoms. The van der Waals surface area contributed by atoms with Crippen LogP contribution in [0.15, 0.2) is 67.0 Å². The SMILES string of the molecule is O=C(Nc1cccc(Cl)c1)c1cnn(Cc2ccccc2)c1. The monoisotopic (exact) mass is 311 g/mol. The largest absolute Gasteiger partial charge is 0.322 e. The van der Waals surface area contributed by atoms with Gasteiger partial charge in [-0.1, -0.05) is 48.0 Å². The lowest BCUT2D eigenvalue weighted by atomic mass is 10.2. The molecule has 1 aromatic heterocycles. The van der Waals surface area contributed by atoms with Gasteiger partial charge in [0.25, 0.3) is 5.91 Å². The molecule has 0 saturated heterocycles. The van der Waals surface area contributed by atoms with E-state index < -0.39 is 0 Å². The second kappa shape index (κ2) is 6.45. The summed E-state index contributed by atoms with van der Waals surface area (Å²) in [5.41, 5.74) is 2.30. The molecule has 0 bridgehead atoms. The number of carbonyl (C=O) groups is 1. The molecule has 1 amide bonds. The summed E-state index contributed by atoms with van der Waals surface area (Å²) in [6, 6.07) is 17.0. The highest BCUT2D eigenvalue weighted by molar-refractivity contribution is 6.30. The van der Waals surface area contributed by atoms with Crippen molar-refractivity contribution >= 4 is 23.2 Å². The minimum Gasteiger partial charge on any atom is -0.322 e. The molecule has 110 valence electrons. The van der Waals surface area contributed by atoms with Crippen LogP contribution in [-0.4, -0.2) is 15.7 Å². The Morgan fingerprint density at radius 2 is 1.95 bits per heavy atom. The molecule has 2 aromatic carbocycles. The average Bonchev–Trinajstić information content (AvgIpc) is 2.97. The first-order valence-corrected chi connectivity index (χ1v) is 7.22. The lowest BCUT2D eigenvalue weighted by molar-refractivity contribution is 0.102. The molecule has 1 N–H and O–H groups in total. The van der Waals surface area contributed by atoms with Gasteiger partial charge in [0.2, 0.25) is 0 Å². The Balaban J connectivity index is 1.69. The van der Waals surface area contributed by atoms with Crippen LogP contribution in [-0.2, 0) is 6.54 Å². The normalized spacial score (nSPS) is 10.4. The number of benzene rings is 2. The van der Waals surface area contributed by atoms with Gasteiger partial charge in [-0.2, -0.15) is 5.10 Å². The highest BCUT2D eigenvalue weighted by atomic mass is 35.5. The van der Waals surface area contributed by atoms with Crippen LogP contribution in [0.3, 0.4) is 0 Å². The molecule has 1 heterocycles. The van der Waals surface area contributed by atoms with Gasteiger partial charge in [-0.3, -0.25) is 9.48 Å². The van der Waals surface area contributed by atoms with E-state index in [2.05, 4.69) is 10.4 Å². The summed E-state index contributed by atoms with van der Waals surface area (Å²) in [6.07, 6.45) is 3.29. The van der Waals surface area contributed by atoms with E-state index in [0.29, 0.717) is 22.8 Å². The van der Waals surface area contributed by atoms with Gasteiger partial charge >= 0.3 is 0 Å². The van der Waals surface area contributed by atoms with Gasteiger partial charge in [-0.15, -0.1) is 0 Å². The number of halogens is 1. The van der Waals surface area contributed by atoms with Crippen molar-refractivity contribution < 1.29 is 4.79 Å². The third-order valence-electron chi connectivity index (χ3n) is 3.17. The summed E-state index contributed by atoms with van der Waals surface area (Å²) in [7, 11) is 0. The Labute approximate surface area is 133 Å². The molecule has 0 fully saturated rings. The molecular formula is C17H14ClN3O. The zero-order valence-corrected chi connectivity index (χ0v) is 12.5. The fourth-order valence-electron chi connectivity index (χ4n) is 2.11. The molecule has 0 aliphatic rings. The first-order chi connectivity index (χ1) is 10.7. The van der Waals surface area contributed by atoms with Crippen molar-refractivity contribution in [1.29, 1.82) is 0 Å². The zero-order valence-electron chi connectivity index (χ0n) is 11.7. The molecule has 0 saturated carbocycles. The number of nitrogens with zero attached hydrogens (tertiary/aromatic N) is 2. The maximum absolute atomic E-state index is 12.2. The topological polar surface area (TPSA) is 46.9 Å². The van der Waals surface area contributed by atoms with E-state index in [1.54, 1.807) is 41.3 Å². The molecule has 0 unspecified atom stereocenters. The number of rotatable bonds is 4. The number of carbonyl (C=O) groups excluding carboxylic acids is 1. The van der Waals surface area contributed by atoms with Crippen LogP contribution in [0.4, 0.5) is 5.69 Å². The van der Waals surface area contributed by atoms with Gasteiger partial charge in [0.15, 0.2) is 0 Å². The van der Waals surface area contributed by atoms with Crippen molar-refractivity contribution in [2.24, 2.45) is 0 Å². The van der Waals surface area contributed by atoms with E-state index in [9.17, 15) is 4.79 Å². The molecule has 4 nitrogen and oxygen atoms in total. The van der Waals surface area contributed by atoms with Crippen molar-refractivity contribution in [1.82, 2.24) is 9.78 Å². The predicted octanol–water partition coefficient (Wildman–Crippen LogP) is 3.84. The fourth-order valence-corrected chi connectivity index (χ4v) is 2.30. The van der Waals surface area contributed by atoms with Gasteiger partial charge in [0.05, 0.1) is 18.3 Å². The van der Waals surface area contributed by atoms with Gasteiger partial charge in [0, 0.05) is 16.9 Å².